The summed E-state index contributed by atoms with van der Waals surface area (Å²) in [5.74, 6) is 0.123. The first kappa shape index (κ1) is 24.6. The monoisotopic (exact) mass is 480 g/mol. The van der Waals surface area contributed by atoms with Crippen LogP contribution in [0.3, 0.4) is 0 Å². The van der Waals surface area contributed by atoms with E-state index in [9.17, 15) is 27.4 Å². The molecule has 3 rings (SSSR count). The number of piperidine rings is 1. The molecule has 0 bridgehead atoms. The summed E-state index contributed by atoms with van der Waals surface area (Å²) in [5.41, 5.74) is 0.140. The Kier molecular flexibility index (Phi) is 7.99. The Labute approximate surface area is 192 Å². The number of rotatable bonds is 8. The highest BCUT2D eigenvalue weighted by atomic mass is 32.2. The lowest BCUT2D eigenvalue weighted by Gasteiger charge is -2.31. The van der Waals surface area contributed by atoms with Crippen molar-refractivity contribution < 1.29 is 22.2 Å². The maximum Gasteiger partial charge on any atom is 0.419 e. The van der Waals surface area contributed by atoms with Gasteiger partial charge in [0.15, 0.2) is 0 Å². The topological polar surface area (TPSA) is 102 Å². The lowest BCUT2D eigenvalue weighted by atomic mass is 10.1. The van der Waals surface area contributed by atoms with E-state index in [1.54, 1.807) is 30.1 Å². The van der Waals surface area contributed by atoms with Gasteiger partial charge >= 0.3 is 6.18 Å². The number of anilines is 2. The molecule has 0 spiro atoms. The Morgan fingerprint density at radius 3 is 2.55 bits per heavy atom. The molecular formula is C21H23F3N6O2S. The summed E-state index contributed by atoms with van der Waals surface area (Å²) >= 11 is 0. The predicted octanol–water partition coefficient (Wildman–Crippen LogP) is 2.99. The van der Waals surface area contributed by atoms with Crippen LogP contribution in [0, 0.1) is 11.3 Å². The van der Waals surface area contributed by atoms with Crippen molar-refractivity contribution in [2.24, 2.45) is 0 Å². The van der Waals surface area contributed by atoms with E-state index in [-0.39, 0.29) is 12.0 Å². The van der Waals surface area contributed by atoms with Gasteiger partial charge in [-0.3, -0.25) is 0 Å². The van der Waals surface area contributed by atoms with Gasteiger partial charge in [-0.15, -0.1) is 0 Å². The number of carbonyl (C=O) groups is 1. The minimum absolute atomic E-state index is 0.0546. The van der Waals surface area contributed by atoms with E-state index in [0.717, 1.165) is 18.7 Å². The van der Waals surface area contributed by atoms with Crippen LogP contribution >= 0.6 is 0 Å². The number of aromatic nitrogens is 2. The fourth-order valence-electron chi connectivity index (χ4n) is 3.44. The maximum atomic E-state index is 13.1. The molecule has 1 aliphatic rings. The van der Waals surface area contributed by atoms with Gasteiger partial charge in [0.05, 0.1) is 21.7 Å². The van der Waals surface area contributed by atoms with Crippen molar-refractivity contribution >= 4 is 28.9 Å². The van der Waals surface area contributed by atoms with Crippen molar-refractivity contribution in [3.05, 3.63) is 41.7 Å². The number of nitrogens with one attached hydrogen (secondary N) is 1. The van der Waals surface area contributed by atoms with E-state index in [1.165, 1.54) is 0 Å². The molecule has 0 aliphatic carbocycles. The van der Waals surface area contributed by atoms with Crippen molar-refractivity contribution in [2.75, 3.05) is 36.9 Å². The second kappa shape index (κ2) is 10.7. The summed E-state index contributed by atoms with van der Waals surface area (Å²) < 4.78 is 52.8. The van der Waals surface area contributed by atoms with Crippen LogP contribution in [0.4, 0.5) is 24.8 Å². The molecule has 2 aromatic rings. The zero-order valence-corrected chi connectivity index (χ0v) is 18.7. The zero-order valence-electron chi connectivity index (χ0n) is 17.9. The highest BCUT2D eigenvalue weighted by Gasteiger charge is 2.31. The molecule has 1 atom stereocenters. The fourth-order valence-corrected chi connectivity index (χ4v) is 4.68. The van der Waals surface area contributed by atoms with Crippen molar-refractivity contribution in [3.8, 4) is 6.07 Å². The first-order valence-corrected chi connectivity index (χ1v) is 11.3. The standard InChI is InChI=1S/C21H23F3N6O2S/c1-29(7-2-10-31)19-11-18(4-3-15(19)12-25)33(32)30-8-5-17(6-9-30)28-20-26-13-16(14-27-20)21(22,23)24/h3-4,10-11,13-14,17H,2,5-9H2,1H3,(H,26,27,28). The summed E-state index contributed by atoms with van der Waals surface area (Å²) in [6, 6.07) is 7.05. The predicted molar refractivity (Wildman–Crippen MR) is 117 cm³/mol. The van der Waals surface area contributed by atoms with Gasteiger partial charge < -0.3 is 15.0 Å². The number of alkyl halides is 3. The molecule has 1 unspecified atom stereocenters. The molecule has 1 aromatic heterocycles. The molecule has 1 N–H and O–H groups in total. The van der Waals surface area contributed by atoms with E-state index < -0.39 is 22.7 Å². The second-order valence-electron chi connectivity index (χ2n) is 7.56. The lowest BCUT2D eigenvalue weighted by molar-refractivity contribution is -0.138. The number of carbonyl (C=O) groups excluding carboxylic acids is 1. The highest BCUT2D eigenvalue weighted by molar-refractivity contribution is 7.82. The van der Waals surface area contributed by atoms with E-state index in [2.05, 4.69) is 21.4 Å². The van der Waals surface area contributed by atoms with Crippen LogP contribution in [0.2, 0.25) is 0 Å². The highest BCUT2D eigenvalue weighted by Crippen LogP contribution is 2.29. The third-order valence-electron chi connectivity index (χ3n) is 5.29. The first-order valence-electron chi connectivity index (χ1n) is 10.2. The summed E-state index contributed by atoms with van der Waals surface area (Å²) in [6.07, 6.45) is -0.655. The Balaban J connectivity index is 1.61. The molecule has 33 heavy (non-hydrogen) atoms. The first-order chi connectivity index (χ1) is 15.7. The molecule has 1 aliphatic heterocycles. The van der Waals surface area contributed by atoms with Crippen LogP contribution in [0.1, 0.15) is 30.4 Å². The normalized spacial score (nSPS) is 16.1. The molecule has 1 fully saturated rings. The molecule has 0 radical (unpaired) electrons. The van der Waals surface area contributed by atoms with Crippen molar-refractivity contribution in [3.63, 3.8) is 0 Å². The molecule has 12 heteroatoms. The summed E-state index contributed by atoms with van der Waals surface area (Å²) in [6.45, 7) is 1.44. The number of aldehydes is 1. The number of hydrogen-bond acceptors (Lipinski definition) is 7. The maximum absolute atomic E-state index is 13.1. The van der Waals surface area contributed by atoms with Crippen LogP contribution < -0.4 is 10.2 Å². The molecule has 176 valence electrons. The van der Waals surface area contributed by atoms with Crippen molar-refractivity contribution in [1.82, 2.24) is 14.3 Å². The third-order valence-corrected chi connectivity index (χ3v) is 6.78. The van der Waals surface area contributed by atoms with E-state index >= 15 is 0 Å². The zero-order chi connectivity index (χ0) is 24.0. The van der Waals surface area contributed by atoms with Gasteiger partial charge in [0, 0.05) is 51.5 Å². The molecule has 8 nitrogen and oxygen atoms in total. The average molecular weight is 481 g/mol. The van der Waals surface area contributed by atoms with Crippen LogP contribution in [-0.2, 0) is 22.0 Å². The lowest BCUT2D eigenvalue weighted by Crippen LogP contribution is -2.40. The SMILES string of the molecule is CN(CCC=O)c1cc(S(=O)N2CCC(Nc3ncc(C(F)(F)F)cn3)CC2)ccc1C#N. The largest absolute Gasteiger partial charge is 0.419 e. The van der Waals surface area contributed by atoms with E-state index in [1.807, 2.05) is 4.31 Å². The third kappa shape index (κ3) is 6.27. The van der Waals surface area contributed by atoms with Gasteiger partial charge in [-0.2, -0.15) is 18.4 Å². The molecule has 1 aromatic carbocycles. The minimum Gasteiger partial charge on any atom is -0.373 e. The van der Waals surface area contributed by atoms with E-state index in [4.69, 9.17) is 0 Å². The number of halogens is 3. The van der Waals surface area contributed by atoms with Gasteiger partial charge in [0.1, 0.15) is 23.3 Å². The van der Waals surface area contributed by atoms with Gasteiger partial charge in [0.25, 0.3) is 0 Å². The van der Waals surface area contributed by atoms with E-state index in [0.29, 0.717) is 55.0 Å². The smallest absolute Gasteiger partial charge is 0.373 e. The summed E-state index contributed by atoms with van der Waals surface area (Å²) in [7, 11) is 0.327. The Morgan fingerprint density at radius 2 is 1.97 bits per heavy atom. The number of hydrogen-bond donors (Lipinski definition) is 1. The van der Waals surface area contributed by atoms with Crippen LogP contribution in [0.25, 0.3) is 0 Å². The second-order valence-corrected chi connectivity index (χ2v) is 9.04. The van der Waals surface area contributed by atoms with Crippen LogP contribution in [0.15, 0.2) is 35.5 Å². The quantitative estimate of drug-likeness (QED) is 0.580. The van der Waals surface area contributed by atoms with Crippen LogP contribution in [0.5, 0.6) is 0 Å². The Morgan fingerprint density at radius 1 is 1.30 bits per heavy atom. The number of benzene rings is 1. The minimum atomic E-state index is -4.48. The van der Waals surface area contributed by atoms with Crippen molar-refractivity contribution in [1.29, 1.82) is 5.26 Å². The fraction of sp³-hybridized carbons (Fsp3) is 0.429. The number of nitrogens with zero attached hydrogens (tertiary/aromatic N) is 5. The Bertz CT molecular complexity index is 1030. The molecule has 0 amide bonds. The van der Waals surface area contributed by atoms with Crippen LogP contribution in [-0.4, -0.2) is 57.5 Å². The molecule has 1 saturated heterocycles. The molecular weight excluding hydrogens is 457 g/mol. The molecule has 2 heterocycles. The van der Waals surface area contributed by atoms with Gasteiger partial charge in [0.2, 0.25) is 5.95 Å². The van der Waals surface area contributed by atoms with Gasteiger partial charge in [-0.25, -0.2) is 18.5 Å². The summed E-state index contributed by atoms with van der Waals surface area (Å²) in [5, 5.41) is 12.4. The molecule has 0 saturated carbocycles. The number of nitriles is 1. The van der Waals surface area contributed by atoms with Crippen molar-refractivity contribution in [2.45, 2.75) is 36.4 Å². The summed E-state index contributed by atoms with van der Waals surface area (Å²) in [4.78, 5) is 20.5. The average Bonchev–Trinajstić information content (AvgIpc) is 2.82. The van der Waals surface area contributed by atoms with Gasteiger partial charge in [-0.1, -0.05) is 0 Å². The van der Waals surface area contributed by atoms with Gasteiger partial charge in [-0.05, 0) is 31.0 Å². The Hall–Kier alpha value is -3.04.